The standard InChI is InChI=1S/C14H20N4OS/c1-2-18(11-5-7-15-8-6-11)10-13-16-14(19-17-13)12-4-3-9-20-12/h3-4,9,11,15H,2,5-8,10H2,1H3. The van der Waals surface area contributed by atoms with E-state index in [1.807, 2.05) is 17.5 Å². The summed E-state index contributed by atoms with van der Waals surface area (Å²) in [5.74, 6) is 1.42. The van der Waals surface area contributed by atoms with Crippen LogP contribution >= 0.6 is 11.3 Å². The second-order valence-electron chi connectivity index (χ2n) is 5.04. The lowest BCUT2D eigenvalue weighted by atomic mass is 10.0. The Morgan fingerprint density at radius 3 is 3.00 bits per heavy atom. The van der Waals surface area contributed by atoms with Gasteiger partial charge in [-0.15, -0.1) is 11.3 Å². The largest absolute Gasteiger partial charge is 0.333 e. The number of piperidine rings is 1. The maximum atomic E-state index is 5.35. The first-order chi connectivity index (χ1) is 9.86. The molecule has 0 spiro atoms. The van der Waals surface area contributed by atoms with E-state index in [9.17, 15) is 0 Å². The van der Waals surface area contributed by atoms with Gasteiger partial charge in [-0.2, -0.15) is 4.98 Å². The average molecular weight is 292 g/mol. The van der Waals surface area contributed by atoms with Gasteiger partial charge in [0.25, 0.3) is 5.89 Å². The predicted molar refractivity (Wildman–Crippen MR) is 79.6 cm³/mol. The van der Waals surface area contributed by atoms with Gasteiger partial charge in [0.05, 0.1) is 11.4 Å². The van der Waals surface area contributed by atoms with Gasteiger partial charge in [0, 0.05) is 6.04 Å². The normalized spacial score (nSPS) is 16.9. The number of hydrogen-bond donors (Lipinski definition) is 1. The van der Waals surface area contributed by atoms with E-state index in [2.05, 4.69) is 27.3 Å². The molecular formula is C14H20N4OS. The number of hydrogen-bond acceptors (Lipinski definition) is 6. The molecule has 1 N–H and O–H groups in total. The van der Waals surface area contributed by atoms with Crippen molar-refractivity contribution in [2.24, 2.45) is 0 Å². The molecule has 3 rings (SSSR count). The predicted octanol–water partition coefficient (Wildman–Crippen LogP) is 2.37. The van der Waals surface area contributed by atoms with E-state index in [1.165, 1.54) is 12.8 Å². The van der Waals surface area contributed by atoms with Gasteiger partial charge in [0.15, 0.2) is 5.82 Å². The van der Waals surface area contributed by atoms with Gasteiger partial charge in [0.2, 0.25) is 0 Å². The summed E-state index contributed by atoms with van der Waals surface area (Å²) in [7, 11) is 0. The van der Waals surface area contributed by atoms with Crippen LogP contribution in [-0.4, -0.2) is 40.7 Å². The molecule has 2 aromatic rings. The van der Waals surface area contributed by atoms with Crippen molar-refractivity contribution in [2.75, 3.05) is 19.6 Å². The summed E-state index contributed by atoms with van der Waals surface area (Å²) in [4.78, 5) is 7.99. The van der Waals surface area contributed by atoms with Crippen molar-refractivity contribution < 1.29 is 4.52 Å². The highest BCUT2D eigenvalue weighted by Gasteiger charge is 2.21. The number of nitrogens with one attached hydrogen (secondary N) is 1. The monoisotopic (exact) mass is 292 g/mol. The van der Waals surface area contributed by atoms with Crippen molar-refractivity contribution in [1.29, 1.82) is 0 Å². The highest BCUT2D eigenvalue weighted by Crippen LogP contribution is 2.23. The molecule has 3 heterocycles. The SMILES string of the molecule is CCN(Cc1noc(-c2cccs2)n1)C1CCNCC1. The minimum Gasteiger partial charge on any atom is -0.333 e. The van der Waals surface area contributed by atoms with Crippen LogP contribution < -0.4 is 5.32 Å². The van der Waals surface area contributed by atoms with Crippen LogP contribution in [-0.2, 0) is 6.54 Å². The van der Waals surface area contributed by atoms with Crippen LogP contribution in [0.1, 0.15) is 25.6 Å². The van der Waals surface area contributed by atoms with Crippen LogP contribution in [0.4, 0.5) is 0 Å². The first-order valence-corrected chi connectivity index (χ1v) is 8.06. The van der Waals surface area contributed by atoms with E-state index < -0.39 is 0 Å². The minimum atomic E-state index is 0.630. The highest BCUT2D eigenvalue weighted by molar-refractivity contribution is 7.13. The first-order valence-electron chi connectivity index (χ1n) is 7.18. The summed E-state index contributed by atoms with van der Waals surface area (Å²) in [5.41, 5.74) is 0. The van der Waals surface area contributed by atoms with Gasteiger partial charge < -0.3 is 9.84 Å². The topological polar surface area (TPSA) is 54.2 Å². The van der Waals surface area contributed by atoms with Crippen LogP contribution in [0, 0.1) is 0 Å². The fourth-order valence-electron chi connectivity index (χ4n) is 2.67. The maximum absolute atomic E-state index is 5.35. The van der Waals surface area contributed by atoms with Crippen molar-refractivity contribution >= 4 is 11.3 Å². The fraction of sp³-hybridized carbons (Fsp3) is 0.571. The fourth-order valence-corrected chi connectivity index (χ4v) is 3.32. The third kappa shape index (κ3) is 3.08. The molecule has 0 amide bonds. The van der Waals surface area contributed by atoms with Crippen LogP contribution in [0.15, 0.2) is 22.0 Å². The van der Waals surface area contributed by atoms with Crippen molar-refractivity contribution in [3.63, 3.8) is 0 Å². The summed E-state index contributed by atoms with van der Waals surface area (Å²) in [6.07, 6.45) is 2.40. The van der Waals surface area contributed by atoms with Crippen molar-refractivity contribution in [1.82, 2.24) is 20.4 Å². The molecule has 1 fully saturated rings. The molecule has 0 bridgehead atoms. The molecule has 108 valence electrons. The van der Waals surface area contributed by atoms with Gasteiger partial charge >= 0.3 is 0 Å². The number of rotatable bonds is 5. The van der Waals surface area contributed by atoms with E-state index in [-0.39, 0.29) is 0 Å². The van der Waals surface area contributed by atoms with E-state index in [0.29, 0.717) is 11.9 Å². The smallest absolute Gasteiger partial charge is 0.268 e. The first kappa shape index (κ1) is 13.7. The molecule has 1 aliphatic rings. The van der Waals surface area contributed by atoms with Crippen LogP contribution in [0.3, 0.4) is 0 Å². The average Bonchev–Trinajstić information content (AvgIpc) is 3.16. The molecule has 20 heavy (non-hydrogen) atoms. The lowest BCUT2D eigenvalue weighted by Crippen LogP contribution is -2.42. The van der Waals surface area contributed by atoms with Gasteiger partial charge in [-0.3, -0.25) is 4.90 Å². The zero-order chi connectivity index (χ0) is 13.8. The summed E-state index contributed by atoms with van der Waals surface area (Å²) >= 11 is 1.62. The highest BCUT2D eigenvalue weighted by atomic mass is 32.1. The van der Waals surface area contributed by atoms with E-state index >= 15 is 0 Å². The Morgan fingerprint density at radius 2 is 2.30 bits per heavy atom. The molecule has 0 aromatic carbocycles. The van der Waals surface area contributed by atoms with E-state index in [0.717, 1.165) is 36.9 Å². The summed E-state index contributed by atoms with van der Waals surface area (Å²) in [6, 6.07) is 4.63. The maximum Gasteiger partial charge on any atom is 0.268 e. The molecule has 5 nitrogen and oxygen atoms in total. The third-order valence-electron chi connectivity index (χ3n) is 3.78. The quantitative estimate of drug-likeness (QED) is 0.917. The van der Waals surface area contributed by atoms with E-state index in [4.69, 9.17) is 4.52 Å². The summed E-state index contributed by atoms with van der Waals surface area (Å²) in [6.45, 7) is 6.20. The lowest BCUT2D eigenvalue weighted by Gasteiger charge is -2.32. The van der Waals surface area contributed by atoms with Crippen molar-refractivity contribution in [3.05, 3.63) is 23.3 Å². The molecule has 2 aromatic heterocycles. The summed E-state index contributed by atoms with van der Waals surface area (Å²) in [5, 5.41) is 9.54. The van der Waals surface area contributed by atoms with Crippen molar-refractivity contribution in [2.45, 2.75) is 32.4 Å². The molecule has 0 saturated carbocycles. The van der Waals surface area contributed by atoms with Crippen molar-refractivity contribution in [3.8, 4) is 10.8 Å². The minimum absolute atomic E-state index is 0.630. The zero-order valence-corrected chi connectivity index (χ0v) is 12.5. The molecule has 0 aliphatic carbocycles. The number of thiophene rings is 1. The number of nitrogens with zero attached hydrogens (tertiary/aromatic N) is 3. The molecule has 0 unspecified atom stereocenters. The van der Waals surface area contributed by atoms with Gasteiger partial charge in [-0.05, 0) is 43.9 Å². The molecular weight excluding hydrogens is 272 g/mol. The Labute approximate surface area is 123 Å². The Kier molecular flexibility index (Phi) is 4.44. The van der Waals surface area contributed by atoms with Crippen LogP contribution in [0.2, 0.25) is 0 Å². The molecule has 0 atom stereocenters. The Hall–Kier alpha value is -1.24. The molecule has 1 saturated heterocycles. The Morgan fingerprint density at radius 1 is 1.45 bits per heavy atom. The molecule has 1 aliphatic heterocycles. The van der Waals surface area contributed by atoms with Crippen LogP contribution in [0.25, 0.3) is 10.8 Å². The number of aromatic nitrogens is 2. The Bertz CT molecular complexity index is 519. The zero-order valence-electron chi connectivity index (χ0n) is 11.7. The Balaban J connectivity index is 1.66. The third-order valence-corrected chi connectivity index (χ3v) is 4.63. The molecule has 6 heteroatoms. The molecule has 0 radical (unpaired) electrons. The van der Waals surface area contributed by atoms with Gasteiger partial charge in [0.1, 0.15) is 0 Å². The van der Waals surface area contributed by atoms with Gasteiger partial charge in [-0.1, -0.05) is 18.1 Å². The van der Waals surface area contributed by atoms with Crippen LogP contribution in [0.5, 0.6) is 0 Å². The summed E-state index contributed by atoms with van der Waals surface area (Å²) < 4.78 is 5.35. The lowest BCUT2D eigenvalue weighted by molar-refractivity contribution is 0.157. The van der Waals surface area contributed by atoms with Gasteiger partial charge in [-0.25, -0.2) is 0 Å². The van der Waals surface area contributed by atoms with E-state index in [1.54, 1.807) is 11.3 Å². The second kappa shape index (κ2) is 6.47. The second-order valence-corrected chi connectivity index (χ2v) is 5.99.